The molecule has 142 valence electrons. The Balaban J connectivity index is 1.82. The van der Waals surface area contributed by atoms with Gasteiger partial charge in [0.25, 0.3) is 5.91 Å². The van der Waals surface area contributed by atoms with E-state index in [0.717, 1.165) is 4.70 Å². The number of aryl methyl sites for hydroxylation is 1. The van der Waals surface area contributed by atoms with Crippen molar-refractivity contribution in [2.45, 2.75) is 13.5 Å². The standard InChI is InChI=1S/C19H15ClN4O3S/c1-11-9-15(27-23-11)18(25)24(10-12-5-3-4-8-21-12)19-22-16-14(26-2)7-6-13(20)17(16)28-19/h3-9H,10H2,1-2H3. The molecular formula is C19H15ClN4O3S. The first-order valence-electron chi connectivity index (χ1n) is 8.35. The Morgan fingerprint density at radius 2 is 2.18 bits per heavy atom. The maximum Gasteiger partial charge on any atom is 0.299 e. The fraction of sp³-hybridized carbons (Fsp3) is 0.158. The zero-order valence-electron chi connectivity index (χ0n) is 15.0. The van der Waals surface area contributed by atoms with E-state index >= 15 is 0 Å². The van der Waals surface area contributed by atoms with Crippen molar-refractivity contribution in [1.29, 1.82) is 0 Å². The minimum absolute atomic E-state index is 0.130. The maximum absolute atomic E-state index is 13.1. The first-order valence-corrected chi connectivity index (χ1v) is 9.54. The fourth-order valence-corrected chi connectivity index (χ4v) is 3.95. The smallest absolute Gasteiger partial charge is 0.299 e. The summed E-state index contributed by atoms with van der Waals surface area (Å²) in [5, 5.41) is 4.81. The number of hydrogen-bond acceptors (Lipinski definition) is 7. The lowest BCUT2D eigenvalue weighted by Gasteiger charge is -2.17. The van der Waals surface area contributed by atoms with E-state index < -0.39 is 0 Å². The molecule has 0 unspecified atom stereocenters. The molecule has 9 heteroatoms. The molecule has 4 aromatic rings. The second-order valence-electron chi connectivity index (χ2n) is 5.97. The number of carbonyl (C=O) groups excluding carboxylic acids is 1. The number of benzene rings is 1. The van der Waals surface area contributed by atoms with E-state index in [-0.39, 0.29) is 18.2 Å². The highest BCUT2D eigenvalue weighted by Crippen LogP contribution is 2.39. The van der Waals surface area contributed by atoms with Gasteiger partial charge in [0.2, 0.25) is 5.76 Å². The van der Waals surface area contributed by atoms with Crippen molar-refractivity contribution in [2.75, 3.05) is 12.0 Å². The minimum Gasteiger partial charge on any atom is -0.494 e. The average Bonchev–Trinajstić information content (AvgIpc) is 3.34. The Hall–Kier alpha value is -2.97. The van der Waals surface area contributed by atoms with Gasteiger partial charge in [0, 0.05) is 12.3 Å². The third-order valence-corrected chi connectivity index (χ3v) is 5.57. The van der Waals surface area contributed by atoms with E-state index in [4.69, 9.17) is 20.9 Å². The number of aromatic nitrogens is 3. The van der Waals surface area contributed by atoms with Crippen LogP contribution in [0.5, 0.6) is 5.75 Å². The van der Waals surface area contributed by atoms with Crippen LogP contribution in [0, 0.1) is 6.92 Å². The predicted octanol–water partition coefficient (Wildman–Crippen LogP) is 4.50. The van der Waals surface area contributed by atoms with Crippen LogP contribution in [0.25, 0.3) is 10.2 Å². The van der Waals surface area contributed by atoms with E-state index in [1.54, 1.807) is 38.4 Å². The first-order chi connectivity index (χ1) is 13.6. The van der Waals surface area contributed by atoms with Gasteiger partial charge in [-0.05, 0) is 31.2 Å². The van der Waals surface area contributed by atoms with Crippen molar-refractivity contribution < 1.29 is 14.1 Å². The van der Waals surface area contributed by atoms with Gasteiger partial charge in [-0.3, -0.25) is 14.7 Å². The van der Waals surface area contributed by atoms with E-state index in [9.17, 15) is 4.79 Å². The number of thiazole rings is 1. The topological polar surface area (TPSA) is 81.4 Å². The Labute approximate surface area is 169 Å². The van der Waals surface area contributed by atoms with Crippen LogP contribution >= 0.6 is 22.9 Å². The number of anilines is 1. The van der Waals surface area contributed by atoms with Crippen molar-refractivity contribution in [2.24, 2.45) is 0 Å². The molecule has 4 rings (SSSR count). The van der Waals surface area contributed by atoms with Gasteiger partial charge < -0.3 is 9.26 Å². The van der Waals surface area contributed by atoms with Gasteiger partial charge in [-0.2, -0.15) is 0 Å². The summed E-state index contributed by atoms with van der Waals surface area (Å²) >= 11 is 7.64. The van der Waals surface area contributed by atoms with Crippen molar-refractivity contribution in [3.05, 3.63) is 64.8 Å². The Morgan fingerprint density at radius 1 is 1.32 bits per heavy atom. The van der Waals surface area contributed by atoms with Crippen LogP contribution < -0.4 is 9.64 Å². The molecule has 7 nitrogen and oxygen atoms in total. The molecule has 0 atom stereocenters. The van der Waals surface area contributed by atoms with E-state index in [1.807, 2.05) is 18.2 Å². The number of rotatable bonds is 5. The van der Waals surface area contributed by atoms with Gasteiger partial charge >= 0.3 is 0 Å². The fourth-order valence-electron chi connectivity index (χ4n) is 2.70. The van der Waals surface area contributed by atoms with Crippen LogP contribution in [0.3, 0.4) is 0 Å². The van der Waals surface area contributed by atoms with E-state index in [2.05, 4.69) is 15.1 Å². The molecule has 1 aromatic carbocycles. The van der Waals surface area contributed by atoms with Crippen molar-refractivity contribution in [3.8, 4) is 5.75 Å². The normalized spacial score (nSPS) is 11.0. The van der Waals surface area contributed by atoms with Crippen LogP contribution in [-0.2, 0) is 6.54 Å². The number of ether oxygens (including phenoxy) is 1. The summed E-state index contributed by atoms with van der Waals surface area (Å²) in [6, 6.07) is 10.6. The zero-order chi connectivity index (χ0) is 19.7. The quantitative estimate of drug-likeness (QED) is 0.478. The summed E-state index contributed by atoms with van der Waals surface area (Å²) in [5.74, 6) is 0.355. The number of halogens is 1. The molecule has 0 aliphatic carbocycles. The second-order valence-corrected chi connectivity index (χ2v) is 7.35. The summed E-state index contributed by atoms with van der Waals surface area (Å²) in [5.41, 5.74) is 1.93. The van der Waals surface area contributed by atoms with Crippen molar-refractivity contribution >= 4 is 44.2 Å². The number of carbonyl (C=O) groups is 1. The summed E-state index contributed by atoms with van der Waals surface area (Å²) < 4.78 is 11.3. The Bertz CT molecular complexity index is 1140. The molecule has 0 spiro atoms. The number of nitrogens with zero attached hydrogens (tertiary/aromatic N) is 4. The summed E-state index contributed by atoms with van der Waals surface area (Å²) in [6.07, 6.45) is 1.68. The third-order valence-electron chi connectivity index (χ3n) is 4.03. The highest BCUT2D eigenvalue weighted by atomic mass is 35.5. The molecule has 28 heavy (non-hydrogen) atoms. The number of pyridine rings is 1. The largest absolute Gasteiger partial charge is 0.494 e. The van der Waals surface area contributed by atoms with Crippen LogP contribution in [0.2, 0.25) is 5.02 Å². The van der Waals surface area contributed by atoms with Gasteiger partial charge in [-0.15, -0.1) is 0 Å². The third kappa shape index (κ3) is 3.44. The molecule has 0 radical (unpaired) electrons. The molecule has 1 amide bonds. The summed E-state index contributed by atoms with van der Waals surface area (Å²) in [7, 11) is 1.57. The molecule has 0 fully saturated rings. The molecule has 0 N–H and O–H groups in total. The number of fused-ring (bicyclic) bond motifs is 1. The summed E-state index contributed by atoms with van der Waals surface area (Å²) in [4.78, 5) is 23.6. The van der Waals surface area contributed by atoms with Gasteiger partial charge in [0.05, 0.1) is 34.8 Å². The van der Waals surface area contributed by atoms with Crippen molar-refractivity contribution in [1.82, 2.24) is 15.1 Å². The number of amides is 1. The lowest BCUT2D eigenvalue weighted by Crippen LogP contribution is -2.30. The second kappa shape index (κ2) is 7.57. The molecule has 0 saturated heterocycles. The molecule has 3 heterocycles. The van der Waals surface area contributed by atoms with Gasteiger partial charge in [0.1, 0.15) is 11.3 Å². The molecule has 0 bridgehead atoms. The monoisotopic (exact) mass is 414 g/mol. The van der Waals surface area contributed by atoms with Gasteiger partial charge in [0.15, 0.2) is 5.13 Å². The molecule has 3 aromatic heterocycles. The molecule has 0 saturated carbocycles. The first kappa shape index (κ1) is 18.4. The Morgan fingerprint density at radius 3 is 2.86 bits per heavy atom. The zero-order valence-corrected chi connectivity index (χ0v) is 16.6. The van der Waals surface area contributed by atoms with E-state index in [1.165, 1.54) is 16.2 Å². The maximum atomic E-state index is 13.1. The SMILES string of the molecule is COc1ccc(Cl)c2sc(N(Cc3ccccn3)C(=O)c3cc(C)no3)nc12. The van der Waals surface area contributed by atoms with Gasteiger partial charge in [-0.1, -0.05) is 34.2 Å². The van der Waals surface area contributed by atoms with Gasteiger partial charge in [-0.25, -0.2) is 4.98 Å². The number of hydrogen-bond donors (Lipinski definition) is 0. The van der Waals surface area contributed by atoms with Crippen molar-refractivity contribution in [3.63, 3.8) is 0 Å². The average molecular weight is 415 g/mol. The summed E-state index contributed by atoms with van der Waals surface area (Å²) in [6.45, 7) is 1.98. The highest BCUT2D eigenvalue weighted by Gasteiger charge is 2.26. The molecule has 0 aliphatic heterocycles. The van der Waals surface area contributed by atoms with Crippen LogP contribution in [0.15, 0.2) is 47.1 Å². The predicted molar refractivity (Wildman–Crippen MR) is 107 cm³/mol. The number of methoxy groups -OCH3 is 1. The molecule has 0 aliphatic rings. The highest BCUT2D eigenvalue weighted by molar-refractivity contribution is 7.23. The molecular weight excluding hydrogens is 400 g/mol. The van der Waals surface area contributed by atoms with E-state index in [0.29, 0.717) is 32.8 Å². The minimum atomic E-state index is -0.361. The lowest BCUT2D eigenvalue weighted by atomic mass is 10.3. The Kier molecular flexibility index (Phi) is 4.97. The van der Waals surface area contributed by atoms with Crippen LogP contribution in [0.4, 0.5) is 5.13 Å². The lowest BCUT2D eigenvalue weighted by molar-refractivity contribution is 0.0949. The van der Waals surface area contributed by atoms with Crippen LogP contribution in [0.1, 0.15) is 21.9 Å². The van der Waals surface area contributed by atoms with Crippen LogP contribution in [-0.4, -0.2) is 28.1 Å².